The molecule has 162 valence electrons. The molecule has 0 radical (unpaired) electrons. The van der Waals surface area contributed by atoms with E-state index in [1.807, 2.05) is 0 Å². The summed E-state index contributed by atoms with van der Waals surface area (Å²) in [5, 5.41) is 5.77. The van der Waals surface area contributed by atoms with Gasteiger partial charge in [0.25, 0.3) is 11.8 Å². The van der Waals surface area contributed by atoms with Gasteiger partial charge in [0, 0.05) is 12.6 Å². The van der Waals surface area contributed by atoms with E-state index in [9.17, 15) is 14.0 Å². The van der Waals surface area contributed by atoms with Crippen molar-refractivity contribution in [3.8, 4) is 0 Å². The smallest absolute Gasteiger partial charge is 0.258 e. The van der Waals surface area contributed by atoms with Gasteiger partial charge in [-0.2, -0.15) is 0 Å². The van der Waals surface area contributed by atoms with Crippen LogP contribution in [0.2, 0.25) is 0 Å². The number of nitrogens with two attached hydrogens (primary N) is 1. The van der Waals surface area contributed by atoms with Crippen molar-refractivity contribution in [3.63, 3.8) is 0 Å². The minimum Gasteiger partial charge on any atom is -0.348 e. The van der Waals surface area contributed by atoms with E-state index in [0.29, 0.717) is 23.7 Å². The van der Waals surface area contributed by atoms with E-state index in [2.05, 4.69) is 10.6 Å². The Morgan fingerprint density at radius 2 is 1.70 bits per heavy atom. The lowest BCUT2D eigenvalue weighted by Gasteiger charge is -2.30. The molecule has 2 aromatic rings. The second-order valence-electron chi connectivity index (χ2n) is 7.65. The molecule has 0 spiro atoms. The average molecular weight is 434 g/mol. The first-order valence-electron chi connectivity index (χ1n) is 10.2. The average Bonchev–Trinajstić information content (AvgIpc) is 2.74. The van der Waals surface area contributed by atoms with E-state index in [0.717, 1.165) is 31.2 Å². The maximum absolute atomic E-state index is 14.0. The van der Waals surface area contributed by atoms with Gasteiger partial charge >= 0.3 is 0 Å². The molecule has 1 unspecified atom stereocenters. The number of carbonyl (C=O) groups excluding carboxylic acids is 2. The van der Waals surface area contributed by atoms with E-state index in [-0.39, 0.29) is 29.9 Å². The minimum absolute atomic E-state index is 0. The van der Waals surface area contributed by atoms with Crippen LogP contribution in [-0.2, 0) is 0 Å². The van der Waals surface area contributed by atoms with E-state index >= 15 is 0 Å². The predicted octanol–water partition coefficient (Wildman–Crippen LogP) is 4.45. The fourth-order valence-corrected chi connectivity index (χ4v) is 4.00. The number of amides is 2. The van der Waals surface area contributed by atoms with Crippen molar-refractivity contribution < 1.29 is 14.0 Å². The Morgan fingerprint density at radius 3 is 2.37 bits per heavy atom. The zero-order chi connectivity index (χ0) is 20.8. The summed E-state index contributed by atoms with van der Waals surface area (Å²) in [7, 11) is 0. The number of hydrogen-bond acceptors (Lipinski definition) is 3. The van der Waals surface area contributed by atoms with Crippen molar-refractivity contribution in [1.82, 2.24) is 5.32 Å². The van der Waals surface area contributed by atoms with E-state index in [4.69, 9.17) is 5.73 Å². The zero-order valence-corrected chi connectivity index (χ0v) is 17.9. The summed E-state index contributed by atoms with van der Waals surface area (Å²) in [6, 6.07) is 10.9. The molecule has 1 saturated carbocycles. The maximum Gasteiger partial charge on any atom is 0.258 e. The second-order valence-corrected chi connectivity index (χ2v) is 7.65. The molecule has 0 saturated heterocycles. The Kier molecular flexibility index (Phi) is 8.81. The highest BCUT2D eigenvalue weighted by atomic mass is 35.5. The van der Waals surface area contributed by atoms with E-state index < -0.39 is 11.7 Å². The molecule has 0 bridgehead atoms. The zero-order valence-electron chi connectivity index (χ0n) is 17.1. The molecular weight excluding hydrogens is 405 g/mol. The molecule has 0 aromatic heterocycles. The maximum atomic E-state index is 14.0. The number of halogens is 2. The monoisotopic (exact) mass is 433 g/mol. The number of benzene rings is 2. The lowest BCUT2D eigenvalue weighted by Crippen LogP contribution is -2.46. The SMILES string of the molecule is Cc1cccc(C(=O)NC(CN)C2CCCCC2)c1NC(=O)c1ccccc1F.Cl. The highest BCUT2D eigenvalue weighted by Gasteiger charge is 2.26. The van der Waals surface area contributed by atoms with Gasteiger partial charge in [0.2, 0.25) is 0 Å². The molecule has 7 heteroatoms. The molecule has 3 rings (SSSR count). The van der Waals surface area contributed by atoms with Crippen molar-refractivity contribution in [1.29, 1.82) is 0 Å². The van der Waals surface area contributed by atoms with Crippen LogP contribution >= 0.6 is 12.4 Å². The van der Waals surface area contributed by atoms with Gasteiger partial charge in [-0.05, 0) is 49.4 Å². The van der Waals surface area contributed by atoms with Gasteiger partial charge in [-0.15, -0.1) is 12.4 Å². The standard InChI is InChI=1S/C23H28FN3O2.ClH/c1-15-8-7-12-18(21(15)27-22(28)17-11-5-6-13-19(17)24)23(29)26-20(14-25)16-9-3-2-4-10-16;/h5-8,11-13,16,20H,2-4,9-10,14,25H2,1H3,(H,26,29)(H,27,28);1H. The van der Waals surface area contributed by atoms with Crippen molar-refractivity contribution >= 4 is 29.9 Å². The molecule has 1 atom stereocenters. The van der Waals surface area contributed by atoms with Crippen molar-refractivity contribution in [2.24, 2.45) is 11.7 Å². The quantitative estimate of drug-likeness (QED) is 0.629. The highest BCUT2D eigenvalue weighted by molar-refractivity contribution is 6.09. The first-order valence-corrected chi connectivity index (χ1v) is 10.2. The summed E-state index contributed by atoms with van der Waals surface area (Å²) in [6.07, 6.45) is 5.67. The molecule has 1 aliphatic carbocycles. The third-order valence-corrected chi connectivity index (χ3v) is 5.66. The highest BCUT2D eigenvalue weighted by Crippen LogP contribution is 2.27. The van der Waals surface area contributed by atoms with Crippen LogP contribution in [0.5, 0.6) is 0 Å². The lowest BCUT2D eigenvalue weighted by atomic mass is 9.83. The molecule has 0 heterocycles. The van der Waals surface area contributed by atoms with Gasteiger partial charge < -0.3 is 16.4 Å². The van der Waals surface area contributed by atoms with Crippen LogP contribution in [0.3, 0.4) is 0 Å². The lowest BCUT2D eigenvalue weighted by molar-refractivity contribution is 0.0916. The summed E-state index contributed by atoms with van der Waals surface area (Å²) in [5.74, 6) is -1.10. The number of hydrogen-bond donors (Lipinski definition) is 3. The first-order chi connectivity index (χ1) is 14.0. The summed E-state index contributed by atoms with van der Waals surface area (Å²) in [6.45, 7) is 2.18. The van der Waals surface area contributed by atoms with Crippen LogP contribution in [0, 0.1) is 18.7 Å². The van der Waals surface area contributed by atoms with Gasteiger partial charge in [0.15, 0.2) is 0 Å². The van der Waals surface area contributed by atoms with Gasteiger partial charge in [-0.3, -0.25) is 9.59 Å². The molecule has 2 amide bonds. The summed E-state index contributed by atoms with van der Waals surface area (Å²) < 4.78 is 14.0. The number of para-hydroxylation sites is 1. The van der Waals surface area contributed by atoms with Crippen molar-refractivity contribution in [2.75, 3.05) is 11.9 Å². The second kappa shape index (κ2) is 11.1. The van der Waals surface area contributed by atoms with Gasteiger partial charge in [0.1, 0.15) is 5.82 Å². The molecular formula is C23H29ClFN3O2. The van der Waals surface area contributed by atoms with E-state index in [1.165, 1.54) is 24.6 Å². The first kappa shape index (κ1) is 23.8. The van der Waals surface area contributed by atoms with Crippen LogP contribution in [0.15, 0.2) is 42.5 Å². The fraction of sp³-hybridized carbons (Fsp3) is 0.391. The van der Waals surface area contributed by atoms with Crippen molar-refractivity contribution in [2.45, 2.75) is 45.1 Å². The molecule has 4 N–H and O–H groups in total. The van der Waals surface area contributed by atoms with Crippen LogP contribution in [0.1, 0.15) is 58.4 Å². The van der Waals surface area contributed by atoms with Crippen LogP contribution in [0.25, 0.3) is 0 Å². The number of rotatable bonds is 6. The van der Waals surface area contributed by atoms with Crippen LogP contribution in [0.4, 0.5) is 10.1 Å². The van der Waals surface area contributed by atoms with Crippen LogP contribution < -0.4 is 16.4 Å². The minimum atomic E-state index is -0.606. The van der Waals surface area contributed by atoms with Crippen molar-refractivity contribution in [3.05, 3.63) is 65.0 Å². The van der Waals surface area contributed by atoms with Gasteiger partial charge in [-0.1, -0.05) is 43.5 Å². The fourth-order valence-electron chi connectivity index (χ4n) is 4.00. The Bertz CT molecular complexity index is 885. The number of nitrogens with one attached hydrogen (secondary N) is 2. The Labute approximate surface area is 183 Å². The summed E-state index contributed by atoms with van der Waals surface area (Å²) in [4.78, 5) is 25.6. The number of anilines is 1. The van der Waals surface area contributed by atoms with Gasteiger partial charge in [0.05, 0.1) is 16.8 Å². The molecule has 0 aliphatic heterocycles. The Balaban J connectivity index is 0.00000320. The molecule has 1 fully saturated rings. The molecule has 2 aromatic carbocycles. The molecule has 5 nitrogen and oxygen atoms in total. The topological polar surface area (TPSA) is 84.2 Å². The Hall–Kier alpha value is -2.44. The number of carbonyl (C=O) groups is 2. The summed E-state index contributed by atoms with van der Waals surface area (Å²) in [5.41, 5.74) is 7.34. The normalized spacial score (nSPS) is 15.0. The largest absolute Gasteiger partial charge is 0.348 e. The third-order valence-electron chi connectivity index (χ3n) is 5.66. The summed E-state index contributed by atoms with van der Waals surface area (Å²) >= 11 is 0. The van der Waals surface area contributed by atoms with Gasteiger partial charge in [-0.25, -0.2) is 4.39 Å². The third kappa shape index (κ3) is 5.58. The van der Waals surface area contributed by atoms with Crippen LogP contribution in [-0.4, -0.2) is 24.4 Å². The number of aryl methyl sites for hydroxylation is 1. The Morgan fingerprint density at radius 1 is 1.03 bits per heavy atom. The van der Waals surface area contributed by atoms with E-state index in [1.54, 1.807) is 31.2 Å². The molecule has 30 heavy (non-hydrogen) atoms. The predicted molar refractivity (Wildman–Crippen MR) is 120 cm³/mol. The molecule has 1 aliphatic rings.